The lowest BCUT2D eigenvalue weighted by Gasteiger charge is -2.25. The number of hydrogen-bond acceptors (Lipinski definition) is 2. The van der Waals surface area contributed by atoms with Crippen molar-refractivity contribution < 1.29 is 9.59 Å². The average molecular weight is 401 g/mol. The van der Waals surface area contributed by atoms with Crippen molar-refractivity contribution in [3.05, 3.63) is 89.5 Å². The van der Waals surface area contributed by atoms with Gasteiger partial charge in [-0.1, -0.05) is 60.7 Å². The molecule has 0 radical (unpaired) electrons. The minimum Gasteiger partial charge on any atom is -0.339 e. The summed E-state index contributed by atoms with van der Waals surface area (Å²) in [6.07, 6.45) is 0. The summed E-state index contributed by atoms with van der Waals surface area (Å²) in [5, 5.41) is 0. The van der Waals surface area contributed by atoms with Crippen LogP contribution in [0.5, 0.6) is 0 Å². The van der Waals surface area contributed by atoms with Crippen molar-refractivity contribution in [2.24, 2.45) is 0 Å². The predicted octanol–water partition coefficient (Wildman–Crippen LogP) is 5.42. The Bertz CT molecular complexity index is 1040. The highest BCUT2D eigenvalue weighted by Gasteiger charge is 2.25. The Balaban J connectivity index is 2.05. The van der Waals surface area contributed by atoms with Crippen molar-refractivity contribution in [1.29, 1.82) is 0 Å². The zero-order valence-corrected chi connectivity index (χ0v) is 18.1. The summed E-state index contributed by atoms with van der Waals surface area (Å²) in [5.74, 6) is -0.302. The highest BCUT2D eigenvalue weighted by atomic mass is 16.2. The quantitative estimate of drug-likeness (QED) is 0.554. The van der Waals surface area contributed by atoms with E-state index in [0.29, 0.717) is 24.2 Å². The number of carbonyl (C=O) groups is 2. The number of hydrogen-bond donors (Lipinski definition) is 0. The molecule has 154 valence electrons. The Morgan fingerprint density at radius 1 is 0.767 bits per heavy atom. The molecule has 0 unspecified atom stereocenters. The van der Waals surface area contributed by atoms with Crippen molar-refractivity contribution in [3.8, 4) is 11.1 Å². The Labute approximate surface area is 178 Å². The van der Waals surface area contributed by atoms with Gasteiger partial charge in [0.15, 0.2) is 0 Å². The molecule has 0 saturated heterocycles. The molecule has 0 spiro atoms. The molecule has 0 aliphatic rings. The molecule has 0 aromatic heterocycles. The van der Waals surface area contributed by atoms with E-state index < -0.39 is 0 Å². The van der Waals surface area contributed by atoms with Gasteiger partial charge in [0.05, 0.1) is 16.8 Å². The second kappa shape index (κ2) is 9.40. The van der Waals surface area contributed by atoms with Crippen LogP contribution in [0.15, 0.2) is 72.8 Å². The first kappa shape index (κ1) is 21.3. The molecule has 3 aromatic rings. The molecule has 4 heteroatoms. The number of carbonyl (C=O) groups excluding carboxylic acids is 2. The van der Waals surface area contributed by atoms with Crippen LogP contribution in [-0.4, -0.2) is 36.9 Å². The largest absolute Gasteiger partial charge is 0.339 e. The van der Waals surface area contributed by atoms with Crippen molar-refractivity contribution in [2.45, 2.75) is 20.8 Å². The molecular weight excluding hydrogens is 372 g/mol. The lowest BCUT2D eigenvalue weighted by atomic mass is 9.98. The normalized spacial score (nSPS) is 10.5. The molecule has 2 amide bonds. The summed E-state index contributed by atoms with van der Waals surface area (Å²) in [6.45, 7) is 6.98. The van der Waals surface area contributed by atoms with E-state index in [1.807, 2.05) is 87.5 Å². The van der Waals surface area contributed by atoms with Gasteiger partial charge in [0.25, 0.3) is 11.8 Å². The van der Waals surface area contributed by atoms with Gasteiger partial charge in [-0.05, 0) is 44.0 Å². The van der Waals surface area contributed by atoms with E-state index >= 15 is 0 Å². The number of rotatable bonds is 6. The Morgan fingerprint density at radius 3 is 2.07 bits per heavy atom. The summed E-state index contributed by atoms with van der Waals surface area (Å²) < 4.78 is 0. The second-order valence-corrected chi connectivity index (χ2v) is 7.22. The van der Waals surface area contributed by atoms with Crippen molar-refractivity contribution in [2.75, 3.05) is 25.0 Å². The van der Waals surface area contributed by atoms with E-state index in [1.165, 1.54) is 0 Å². The fourth-order valence-corrected chi connectivity index (χ4v) is 3.72. The molecule has 0 fully saturated rings. The minimum atomic E-state index is -0.197. The smallest absolute Gasteiger partial charge is 0.258 e. The maximum Gasteiger partial charge on any atom is 0.258 e. The number of aryl methyl sites for hydroxylation is 1. The molecule has 3 rings (SSSR count). The topological polar surface area (TPSA) is 40.6 Å². The highest BCUT2D eigenvalue weighted by molar-refractivity contribution is 6.14. The molecule has 0 saturated carbocycles. The van der Waals surface area contributed by atoms with Crippen LogP contribution in [0.25, 0.3) is 11.1 Å². The predicted molar refractivity (Wildman–Crippen MR) is 123 cm³/mol. The third-order valence-electron chi connectivity index (χ3n) is 5.42. The van der Waals surface area contributed by atoms with Gasteiger partial charge in [-0.3, -0.25) is 9.59 Å². The first-order valence-electron chi connectivity index (χ1n) is 10.3. The lowest BCUT2D eigenvalue weighted by molar-refractivity contribution is 0.0766. The van der Waals surface area contributed by atoms with Crippen LogP contribution in [0.2, 0.25) is 0 Å². The summed E-state index contributed by atoms with van der Waals surface area (Å²) in [5.41, 5.74) is 4.53. The third kappa shape index (κ3) is 4.13. The van der Waals surface area contributed by atoms with Gasteiger partial charge in [-0.15, -0.1) is 0 Å². The van der Waals surface area contributed by atoms with Crippen LogP contribution in [0.3, 0.4) is 0 Å². The minimum absolute atomic E-state index is 0.105. The van der Waals surface area contributed by atoms with Gasteiger partial charge < -0.3 is 9.80 Å². The molecule has 0 heterocycles. The van der Waals surface area contributed by atoms with Gasteiger partial charge in [-0.2, -0.15) is 0 Å². The zero-order chi connectivity index (χ0) is 21.7. The van der Waals surface area contributed by atoms with Crippen LogP contribution < -0.4 is 4.90 Å². The van der Waals surface area contributed by atoms with Crippen LogP contribution in [-0.2, 0) is 0 Å². The maximum absolute atomic E-state index is 13.6. The van der Waals surface area contributed by atoms with Crippen LogP contribution in [0.1, 0.15) is 40.1 Å². The van der Waals surface area contributed by atoms with Gasteiger partial charge in [0, 0.05) is 25.7 Å². The van der Waals surface area contributed by atoms with Crippen molar-refractivity contribution >= 4 is 17.5 Å². The Hall–Kier alpha value is -3.40. The Kier molecular flexibility index (Phi) is 6.68. The molecule has 0 aliphatic carbocycles. The summed E-state index contributed by atoms with van der Waals surface area (Å²) in [6, 6.07) is 23.3. The zero-order valence-electron chi connectivity index (χ0n) is 18.1. The number of anilines is 1. The molecular formula is C26H28N2O2. The highest BCUT2D eigenvalue weighted by Crippen LogP contribution is 2.31. The Morgan fingerprint density at radius 2 is 1.40 bits per heavy atom. The summed E-state index contributed by atoms with van der Waals surface area (Å²) >= 11 is 0. The van der Waals surface area contributed by atoms with E-state index in [4.69, 9.17) is 0 Å². The first-order valence-corrected chi connectivity index (χ1v) is 10.3. The first-order chi connectivity index (χ1) is 14.5. The van der Waals surface area contributed by atoms with Gasteiger partial charge in [0.1, 0.15) is 0 Å². The molecule has 0 bridgehead atoms. The van der Waals surface area contributed by atoms with Crippen LogP contribution in [0, 0.1) is 6.92 Å². The SMILES string of the molecule is CCN(CC)C(=O)c1c(C)cccc1C(=O)N(C)c1ccccc1-c1ccccc1. The van der Waals surface area contributed by atoms with E-state index in [2.05, 4.69) is 0 Å². The number of benzene rings is 3. The molecule has 3 aromatic carbocycles. The van der Waals surface area contributed by atoms with Crippen LogP contribution >= 0.6 is 0 Å². The summed E-state index contributed by atoms with van der Waals surface area (Å²) in [4.78, 5) is 30.1. The van der Waals surface area contributed by atoms with Crippen LogP contribution in [0.4, 0.5) is 5.69 Å². The van der Waals surface area contributed by atoms with E-state index in [-0.39, 0.29) is 11.8 Å². The molecule has 0 N–H and O–H groups in total. The summed E-state index contributed by atoms with van der Waals surface area (Å²) in [7, 11) is 1.76. The van der Waals surface area contributed by atoms with Gasteiger partial charge >= 0.3 is 0 Å². The van der Waals surface area contributed by atoms with Gasteiger partial charge in [0.2, 0.25) is 0 Å². The maximum atomic E-state index is 13.6. The monoisotopic (exact) mass is 400 g/mol. The number of nitrogens with zero attached hydrogens (tertiary/aromatic N) is 2. The fourth-order valence-electron chi connectivity index (χ4n) is 3.72. The standard InChI is InChI=1S/C26H28N2O2/c1-5-28(6-2)26(30)24-19(3)13-12-17-22(24)25(29)27(4)23-18-11-10-16-21(23)20-14-8-7-9-15-20/h7-18H,5-6H2,1-4H3. The van der Waals surface area contributed by atoms with E-state index in [0.717, 1.165) is 22.4 Å². The average Bonchev–Trinajstić information content (AvgIpc) is 2.79. The third-order valence-corrected chi connectivity index (χ3v) is 5.42. The fraction of sp³-hybridized carbons (Fsp3) is 0.231. The molecule has 4 nitrogen and oxygen atoms in total. The number of amides is 2. The van der Waals surface area contributed by atoms with Crippen molar-refractivity contribution in [1.82, 2.24) is 4.90 Å². The lowest BCUT2D eigenvalue weighted by Crippen LogP contribution is -2.34. The second-order valence-electron chi connectivity index (χ2n) is 7.22. The molecule has 0 atom stereocenters. The van der Waals surface area contributed by atoms with Crippen molar-refractivity contribution in [3.63, 3.8) is 0 Å². The number of para-hydroxylation sites is 1. The van der Waals surface area contributed by atoms with E-state index in [9.17, 15) is 9.59 Å². The molecule has 0 aliphatic heterocycles. The van der Waals surface area contributed by atoms with Gasteiger partial charge in [-0.25, -0.2) is 0 Å². The molecule has 30 heavy (non-hydrogen) atoms. The van der Waals surface area contributed by atoms with E-state index in [1.54, 1.807) is 22.9 Å².